The van der Waals surface area contributed by atoms with Crippen LogP contribution < -0.4 is 0 Å². The first-order chi connectivity index (χ1) is 5.47. The predicted octanol–water partition coefficient (Wildman–Crippen LogP) is 0.489. The van der Waals surface area contributed by atoms with Gasteiger partial charge in [0.05, 0.1) is 5.75 Å². The van der Waals surface area contributed by atoms with Crippen molar-refractivity contribution >= 4 is 19.7 Å². The molecule has 68 valence electrons. The molecule has 0 atom stereocenters. The van der Waals surface area contributed by atoms with Crippen LogP contribution in [0.5, 0.6) is 0 Å². The number of aromatic nitrogens is 2. The maximum absolute atomic E-state index is 10.5. The van der Waals surface area contributed by atoms with Crippen LogP contribution in [0, 0.1) is 6.92 Å². The molecule has 0 fully saturated rings. The zero-order valence-electron chi connectivity index (χ0n) is 6.32. The Morgan fingerprint density at radius 1 is 1.50 bits per heavy atom. The fourth-order valence-electron chi connectivity index (χ4n) is 0.648. The van der Waals surface area contributed by atoms with Gasteiger partial charge in [0.2, 0.25) is 20.8 Å². The van der Waals surface area contributed by atoms with Gasteiger partial charge in [0.1, 0.15) is 0 Å². The monoisotopic (exact) mass is 210 g/mol. The smallest absolute Gasteiger partial charge is 0.233 e. The standard InChI is InChI=1S/C5H7ClN2O3S/c1-4-7-8-5(11-4)2-3-12(6,9)10/h2-3H2,1H3. The minimum absolute atomic E-state index is 0.159. The molecule has 0 amide bonds. The fourth-order valence-corrected chi connectivity index (χ4v) is 1.30. The number of hydrogen-bond acceptors (Lipinski definition) is 5. The second-order valence-corrected chi connectivity index (χ2v) is 5.10. The summed E-state index contributed by atoms with van der Waals surface area (Å²) in [6, 6.07) is 0. The second kappa shape index (κ2) is 3.40. The minimum atomic E-state index is -3.47. The molecule has 0 aliphatic rings. The predicted molar refractivity (Wildman–Crippen MR) is 42.4 cm³/mol. The normalized spacial score (nSPS) is 11.8. The number of hydrogen-bond donors (Lipinski definition) is 0. The lowest BCUT2D eigenvalue weighted by molar-refractivity contribution is 0.472. The van der Waals surface area contributed by atoms with Crippen LogP contribution in [0.1, 0.15) is 11.8 Å². The van der Waals surface area contributed by atoms with E-state index >= 15 is 0 Å². The number of rotatable bonds is 3. The summed E-state index contributed by atoms with van der Waals surface area (Å²) in [6.07, 6.45) is 0.159. The van der Waals surface area contributed by atoms with Crippen LogP contribution in [-0.4, -0.2) is 24.4 Å². The first kappa shape index (κ1) is 9.47. The lowest BCUT2D eigenvalue weighted by Crippen LogP contribution is -2.01. The maximum Gasteiger partial charge on any atom is 0.233 e. The van der Waals surface area contributed by atoms with Crippen LogP contribution in [-0.2, 0) is 15.5 Å². The molecule has 0 N–H and O–H groups in total. The van der Waals surface area contributed by atoms with E-state index in [1.807, 2.05) is 0 Å². The van der Waals surface area contributed by atoms with Gasteiger partial charge in [0.15, 0.2) is 0 Å². The van der Waals surface area contributed by atoms with Gasteiger partial charge in [-0.3, -0.25) is 0 Å². The highest BCUT2D eigenvalue weighted by molar-refractivity contribution is 8.13. The van der Waals surface area contributed by atoms with Crippen LogP contribution in [0.15, 0.2) is 4.42 Å². The van der Waals surface area contributed by atoms with Gasteiger partial charge in [-0.2, -0.15) is 0 Å². The van der Waals surface area contributed by atoms with E-state index < -0.39 is 9.05 Å². The van der Waals surface area contributed by atoms with Crippen molar-refractivity contribution in [1.82, 2.24) is 10.2 Å². The molecule has 7 heteroatoms. The first-order valence-electron chi connectivity index (χ1n) is 3.19. The van der Waals surface area contributed by atoms with E-state index in [0.29, 0.717) is 5.89 Å². The molecule has 1 aromatic heterocycles. The molecule has 0 aliphatic heterocycles. The average molecular weight is 211 g/mol. The van der Waals surface area contributed by atoms with Crippen molar-refractivity contribution < 1.29 is 12.8 Å². The zero-order chi connectivity index (χ0) is 9.19. The number of halogens is 1. The number of aryl methyl sites for hydroxylation is 2. The first-order valence-corrected chi connectivity index (χ1v) is 5.66. The molecule has 0 aromatic carbocycles. The highest BCUT2D eigenvalue weighted by Gasteiger charge is 2.09. The van der Waals surface area contributed by atoms with Gasteiger partial charge >= 0.3 is 0 Å². The molecule has 5 nitrogen and oxygen atoms in total. The third-order valence-electron chi connectivity index (χ3n) is 1.13. The lowest BCUT2D eigenvalue weighted by Gasteiger charge is -1.89. The van der Waals surface area contributed by atoms with Crippen molar-refractivity contribution in [3.63, 3.8) is 0 Å². The Balaban J connectivity index is 2.55. The third kappa shape index (κ3) is 3.19. The Hall–Kier alpha value is -0.620. The highest BCUT2D eigenvalue weighted by atomic mass is 35.7. The molecule has 12 heavy (non-hydrogen) atoms. The molecule has 0 aliphatic carbocycles. The third-order valence-corrected chi connectivity index (χ3v) is 2.28. The quantitative estimate of drug-likeness (QED) is 0.679. The van der Waals surface area contributed by atoms with Gasteiger partial charge in [-0.15, -0.1) is 10.2 Å². The summed E-state index contributed by atoms with van der Waals surface area (Å²) < 4.78 is 25.9. The Morgan fingerprint density at radius 3 is 2.58 bits per heavy atom. The summed E-state index contributed by atoms with van der Waals surface area (Å²) in [4.78, 5) is 0. The molecule has 0 unspecified atom stereocenters. The molecule has 0 spiro atoms. The van der Waals surface area contributed by atoms with Gasteiger partial charge in [-0.05, 0) is 0 Å². The molecular formula is C5H7ClN2O3S. The molecule has 1 rings (SSSR count). The summed E-state index contributed by atoms with van der Waals surface area (Å²) in [5.74, 6) is 0.518. The number of nitrogens with zero attached hydrogens (tertiary/aromatic N) is 2. The highest BCUT2D eigenvalue weighted by Crippen LogP contribution is 2.03. The molecule has 0 radical (unpaired) electrons. The van der Waals surface area contributed by atoms with Crippen molar-refractivity contribution in [3.8, 4) is 0 Å². The molecule has 1 heterocycles. The fraction of sp³-hybridized carbons (Fsp3) is 0.600. The van der Waals surface area contributed by atoms with Crippen molar-refractivity contribution in [3.05, 3.63) is 11.8 Å². The van der Waals surface area contributed by atoms with Gasteiger partial charge in [-0.1, -0.05) is 0 Å². The van der Waals surface area contributed by atoms with E-state index in [4.69, 9.17) is 15.1 Å². The van der Waals surface area contributed by atoms with Crippen LogP contribution in [0.3, 0.4) is 0 Å². The summed E-state index contributed by atoms with van der Waals surface area (Å²) >= 11 is 0. The Bertz CT molecular complexity index is 359. The van der Waals surface area contributed by atoms with E-state index in [9.17, 15) is 8.42 Å². The largest absolute Gasteiger partial charge is 0.426 e. The summed E-state index contributed by atoms with van der Waals surface area (Å²) in [5, 5.41) is 7.14. The molecular weight excluding hydrogens is 204 g/mol. The Kier molecular flexibility index (Phi) is 2.69. The van der Waals surface area contributed by atoms with E-state index in [1.165, 1.54) is 0 Å². The van der Waals surface area contributed by atoms with Gasteiger partial charge in [-0.25, -0.2) is 8.42 Å². The van der Waals surface area contributed by atoms with Crippen LogP contribution in [0.25, 0.3) is 0 Å². The van der Waals surface area contributed by atoms with Crippen molar-refractivity contribution in [2.45, 2.75) is 13.3 Å². The van der Waals surface area contributed by atoms with E-state index in [1.54, 1.807) is 6.92 Å². The van der Waals surface area contributed by atoms with E-state index in [2.05, 4.69) is 10.2 Å². The van der Waals surface area contributed by atoms with Gasteiger partial charge < -0.3 is 4.42 Å². The lowest BCUT2D eigenvalue weighted by atomic mass is 10.5. The van der Waals surface area contributed by atoms with Crippen molar-refractivity contribution in [1.29, 1.82) is 0 Å². The van der Waals surface area contributed by atoms with Crippen LogP contribution in [0.4, 0.5) is 0 Å². The van der Waals surface area contributed by atoms with Crippen LogP contribution >= 0.6 is 10.7 Å². The minimum Gasteiger partial charge on any atom is -0.426 e. The van der Waals surface area contributed by atoms with Crippen molar-refractivity contribution in [2.75, 3.05) is 5.75 Å². The van der Waals surface area contributed by atoms with Gasteiger partial charge in [0, 0.05) is 24.0 Å². The van der Waals surface area contributed by atoms with Gasteiger partial charge in [0.25, 0.3) is 0 Å². The summed E-state index contributed by atoms with van der Waals surface area (Å²) in [6.45, 7) is 1.63. The second-order valence-electron chi connectivity index (χ2n) is 2.21. The average Bonchev–Trinajstić information content (AvgIpc) is 2.30. The van der Waals surface area contributed by atoms with E-state index in [0.717, 1.165) is 0 Å². The molecule has 0 saturated heterocycles. The SMILES string of the molecule is Cc1nnc(CCS(=O)(=O)Cl)o1. The molecule has 1 aromatic rings. The van der Waals surface area contributed by atoms with E-state index in [-0.39, 0.29) is 18.1 Å². The van der Waals surface area contributed by atoms with Crippen LogP contribution in [0.2, 0.25) is 0 Å². The summed E-state index contributed by atoms with van der Waals surface area (Å²) in [7, 11) is 1.50. The summed E-state index contributed by atoms with van der Waals surface area (Å²) in [5.41, 5.74) is 0. The topological polar surface area (TPSA) is 73.1 Å². The van der Waals surface area contributed by atoms with Crippen molar-refractivity contribution in [2.24, 2.45) is 0 Å². The maximum atomic E-state index is 10.5. The Morgan fingerprint density at radius 2 is 2.17 bits per heavy atom. The molecule has 0 saturated carbocycles. The molecule has 0 bridgehead atoms. The zero-order valence-corrected chi connectivity index (χ0v) is 7.89. The Labute approximate surface area is 74.2 Å².